The van der Waals surface area contributed by atoms with Crippen molar-refractivity contribution in [3.63, 3.8) is 0 Å². The number of aromatic hydroxyl groups is 1. The molecule has 1 aliphatic heterocycles. The van der Waals surface area contributed by atoms with Crippen molar-refractivity contribution in [3.8, 4) is 5.75 Å². The van der Waals surface area contributed by atoms with E-state index in [-0.39, 0.29) is 10.8 Å². The van der Waals surface area contributed by atoms with Gasteiger partial charge < -0.3 is 10.4 Å². The molecular formula is C18H28N2O. The Bertz CT molecular complexity index is 517. The van der Waals surface area contributed by atoms with Crippen LogP contribution >= 0.6 is 0 Å². The zero-order valence-electron chi connectivity index (χ0n) is 14.1. The molecule has 3 nitrogen and oxygen atoms in total. The largest absolute Gasteiger partial charge is 0.507 e. The number of nitrogens with one attached hydrogen (secondary N) is 2. The van der Waals surface area contributed by atoms with Crippen LogP contribution in [0.25, 0.3) is 6.08 Å². The van der Waals surface area contributed by atoms with Crippen LogP contribution in [0.15, 0.2) is 17.8 Å². The maximum Gasteiger partial charge on any atom is 0.123 e. The lowest BCUT2D eigenvalue weighted by Crippen LogP contribution is -2.17. The normalized spacial score (nSPS) is 18.1. The summed E-state index contributed by atoms with van der Waals surface area (Å²) < 4.78 is 0. The van der Waals surface area contributed by atoms with Gasteiger partial charge in [0.2, 0.25) is 0 Å². The molecule has 1 saturated heterocycles. The zero-order chi connectivity index (χ0) is 15.8. The first-order valence-corrected chi connectivity index (χ1v) is 7.62. The van der Waals surface area contributed by atoms with Crippen molar-refractivity contribution in [2.45, 2.75) is 52.4 Å². The fourth-order valence-electron chi connectivity index (χ4n) is 2.62. The molecule has 116 valence electrons. The minimum absolute atomic E-state index is 0.0834. The molecule has 1 aromatic carbocycles. The van der Waals surface area contributed by atoms with Crippen LogP contribution in [0.1, 0.15) is 58.2 Å². The molecule has 1 aliphatic rings. The number of hydrogen-bond acceptors (Lipinski definition) is 3. The van der Waals surface area contributed by atoms with Gasteiger partial charge in [-0.2, -0.15) is 0 Å². The van der Waals surface area contributed by atoms with Crippen LogP contribution in [0.4, 0.5) is 0 Å². The summed E-state index contributed by atoms with van der Waals surface area (Å²) in [6.45, 7) is 14.5. The van der Waals surface area contributed by atoms with Gasteiger partial charge in [0, 0.05) is 23.4 Å². The van der Waals surface area contributed by atoms with E-state index in [1.54, 1.807) is 0 Å². The van der Waals surface area contributed by atoms with Crippen LogP contribution in [0.5, 0.6) is 5.75 Å². The summed E-state index contributed by atoms with van der Waals surface area (Å²) in [5.41, 5.74) is 4.19. The number of benzene rings is 1. The van der Waals surface area contributed by atoms with Gasteiger partial charge in [-0.05, 0) is 34.6 Å². The molecule has 0 unspecified atom stereocenters. The number of phenolic OH excluding ortho intramolecular Hbond substituents is 1. The molecule has 2 rings (SSSR count). The number of hydrogen-bond donors (Lipinski definition) is 3. The Balaban J connectivity index is 2.59. The van der Waals surface area contributed by atoms with Crippen molar-refractivity contribution in [1.82, 2.24) is 10.6 Å². The highest BCUT2D eigenvalue weighted by atomic mass is 16.3. The highest BCUT2D eigenvalue weighted by Gasteiger charge is 2.26. The number of phenols is 1. The van der Waals surface area contributed by atoms with E-state index in [4.69, 9.17) is 0 Å². The summed E-state index contributed by atoms with van der Waals surface area (Å²) in [7, 11) is 0. The Kier molecular flexibility index (Phi) is 4.07. The fourth-order valence-corrected chi connectivity index (χ4v) is 2.62. The molecule has 3 heteroatoms. The van der Waals surface area contributed by atoms with E-state index in [1.165, 1.54) is 5.70 Å². The van der Waals surface area contributed by atoms with Gasteiger partial charge in [0.25, 0.3) is 0 Å². The second-order valence-electron chi connectivity index (χ2n) is 7.91. The van der Waals surface area contributed by atoms with Crippen molar-refractivity contribution >= 4 is 6.08 Å². The Morgan fingerprint density at radius 2 is 1.52 bits per heavy atom. The summed E-state index contributed by atoms with van der Waals surface area (Å²) >= 11 is 0. The van der Waals surface area contributed by atoms with Crippen molar-refractivity contribution < 1.29 is 5.11 Å². The molecule has 0 bridgehead atoms. The average Bonchev–Trinajstić information content (AvgIpc) is 2.81. The molecule has 3 N–H and O–H groups in total. The van der Waals surface area contributed by atoms with E-state index in [1.807, 2.05) is 0 Å². The second kappa shape index (κ2) is 5.38. The topological polar surface area (TPSA) is 44.3 Å². The lowest BCUT2D eigenvalue weighted by molar-refractivity contribution is 0.423. The summed E-state index contributed by atoms with van der Waals surface area (Å²) in [6.07, 6.45) is 2.17. The molecule has 0 atom stereocenters. The lowest BCUT2D eigenvalue weighted by Gasteiger charge is -2.28. The Hall–Kier alpha value is -1.48. The predicted octanol–water partition coefficient (Wildman–Crippen LogP) is 3.48. The Labute approximate surface area is 128 Å². The van der Waals surface area contributed by atoms with E-state index in [2.05, 4.69) is 70.4 Å². The highest BCUT2D eigenvalue weighted by Crippen LogP contribution is 2.40. The van der Waals surface area contributed by atoms with E-state index in [9.17, 15) is 5.11 Å². The van der Waals surface area contributed by atoms with Crippen LogP contribution in [0, 0.1) is 0 Å². The van der Waals surface area contributed by atoms with E-state index in [0.29, 0.717) is 5.75 Å². The Morgan fingerprint density at radius 3 is 1.90 bits per heavy atom. The van der Waals surface area contributed by atoms with Gasteiger partial charge in [0.15, 0.2) is 0 Å². The van der Waals surface area contributed by atoms with Crippen molar-refractivity contribution in [2.24, 2.45) is 0 Å². The predicted molar refractivity (Wildman–Crippen MR) is 89.5 cm³/mol. The van der Waals surface area contributed by atoms with Crippen LogP contribution in [0.2, 0.25) is 0 Å². The standard InChI is InChI=1S/C18H28N2O/c1-17(2,3)14-8-12(7-13-10-19-11-20-13)9-15(16(14)21)18(4,5)6/h7-9,19-21H,10-11H2,1-6H3. The molecule has 0 spiro atoms. The van der Waals surface area contributed by atoms with Crippen molar-refractivity contribution in [3.05, 3.63) is 34.5 Å². The minimum Gasteiger partial charge on any atom is -0.507 e. The SMILES string of the molecule is CC(C)(C)c1cc(C=C2CNCN2)cc(C(C)(C)C)c1O. The molecule has 0 saturated carbocycles. The monoisotopic (exact) mass is 288 g/mol. The van der Waals surface area contributed by atoms with Gasteiger partial charge in [-0.25, -0.2) is 0 Å². The van der Waals surface area contributed by atoms with Gasteiger partial charge in [0.1, 0.15) is 5.75 Å². The third kappa shape index (κ3) is 3.59. The minimum atomic E-state index is -0.0834. The van der Waals surface area contributed by atoms with Gasteiger partial charge in [0.05, 0.1) is 6.67 Å². The molecule has 21 heavy (non-hydrogen) atoms. The molecule has 0 aliphatic carbocycles. The quantitative estimate of drug-likeness (QED) is 0.741. The third-order valence-electron chi connectivity index (χ3n) is 3.85. The Morgan fingerprint density at radius 1 is 1.00 bits per heavy atom. The molecule has 0 radical (unpaired) electrons. The molecule has 1 aromatic rings. The van der Waals surface area contributed by atoms with Gasteiger partial charge in [-0.1, -0.05) is 41.5 Å². The molecular weight excluding hydrogens is 260 g/mol. The molecule has 0 aromatic heterocycles. The maximum absolute atomic E-state index is 10.7. The van der Waals surface area contributed by atoms with Crippen LogP contribution in [0.3, 0.4) is 0 Å². The summed E-state index contributed by atoms with van der Waals surface area (Å²) in [5, 5.41) is 17.3. The van der Waals surface area contributed by atoms with Gasteiger partial charge >= 0.3 is 0 Å². The van der Waals surface area contributed by atoms with Crippen molar-refractivity contribution in [2.75, 3.05) is 13.2 Å². The van der Waals surface area contributed by atoms with Crippen LogP contribution in [-0.2, 0) is 10.8 Å². The summed E-state index contributed by atoms with van der Waals surface area (Å²) in [5.74, 6) is 0.439. The van der Waals surface area contributed by atoms with Crippen molar-refractivity contribution in [1.29, 1.82) is 0 Å². The average molecular weight is 288 g/mol. The lowest BCUT2D eigenvalue weighted by atomic mass is 9.78. The summed E-state index contributed by atoms with van der Waals surface area (Å²) in [6, 6.07) is 4.22. The first kappa shape index (κ1) is 15.9. The van der Waals surface area contributed by atoms with E-state index in [0.717, 1.165) is 29.9 Å². The van der Waals surface area contributed by atoms with E-state index >= 15 is 0 Å². The third-order valence-corrected chi connectivity index (χ3v) is 3.85. The first-order chi connectivity index (χ1) is 9.59. The molecule has 0 amide bonds. The number of rotatable bonds is 1. The van der Waals surface area contributed by atoms with Gasteiger partial charge in [-0.15, -0.1) is 0 Å². The van der Waals surface area contributed by atoms with Gasteiger partial charge in [-0.3, -0.25) is 5.32 Å². The maximum atomic E-state index is 10.7. The van der Waals surface area contributed by atoms with Crippen LogP contribution in [-0.4, -0.2) is 18.3 Å². The zero-order valence-corrected chi connectivity index (χ0v) is 14.1. The summed E-state index contributed by atoms with van der Waals surface area (Å²) in [4.78, 5) is 0. The fraction of sp³-hybridized carbons (Fsp3) is 0.556. The smallest absolute Gasteiger partial charge is 0.123 e. The first-order valence-electron chi connectivity index (χ1n) is 7.62. The molecule has 1 fully saturated rings. The van der Waals surface area contributed by atoms with E-state index < -0.39 is 0 Å². The second-order valence-corrected chi connectivity index (χ2v) is 7.91. The van der Waals surface area contributed by atoms with Crippen LogP contribution < -0.4 is 10.6 Å². The highest BCUT2D eigenvalue weighted by molar-refractivity contribution is 5.61. The molecule has 1 heterocycles.